The van der Waals surface area contributed by atoms with Gasteiger partial charge in [0.15, 0.2) is 0 Å². The Morgan fingerprint density at radius 2 is 2.19 bits per heavy atom. The predicted molar refractivity (Wildman–Crippen MR) is 64.2 cm³/mol. The molecule has 16 heavy (non-hydrogen) atoms. The Hall–Kier alpha value is -1.55. The number of nitrogens with two attached hydrogens (primary N) is 1. The summed E-state index contributed by atoms with van der Waals surface area (Å²) in [5, 5.41) is 4.35. The molecule has 4 heteroatoms. The minimum atomic E-state index is 0.689. The maximum atomic E-state index is 5.59. The second-order valence-electron chi connectivity index (χ2n) is 4.07. The minimum Gasteiger partial charge on any atom is -0.345 e. The summed E-state index contributed by atoms with van der Waals surface area (Å²) in [6.45, 7) is 3.56. The maximum Gasteiger partial charge on any atom is 0.0642 e. The van der Waals surface area contributed by atoms with E-state index >= 15 is 0 Å². The fourth-order valence-electron chi connectivity index (χ4n) is 1.97. The second kappa shape index (κ2) is 4.53. The number of hydrogen-bond donors (Lipinski definition) is 1. The molecule has 4 nitrogen and oxygen atoms in total. The Kier molecular flexibility index (Phi) is 3.10. The zero-order valence-corrected chi connectivity index (χ0v) is 9.85. The van der Waals surface area contributed by atoms with E-state index in [4.69, 9.17) is 5.73 Å². The van der Waals surface area contributed by atoms with Gasteiger partial charge in [-0.25, -0.2) is 0 Å². The van der Waals surface area contributed by atoms with Crippen molar-refractivity contribution in [2.75, 3.05) is 6.54 Å². The first kappa shape index (κ1) is 11.0. The van der Waals surface area contributed by atoms with Gasteiger partial charge >= 0.3 is 0 Å². The van der Waals surface area contributed by atoms with Crippen LogP contribution in [-0.4, -0.2) is 20.9 Å². The Morgan fingerprint density at radius 3 is 2.81 bits per heavy atom. The highest BCUT2D eigenvalue weighted by Gasteiger charge is 2.05. The van der Waals surface area contributed by atoms with E-state index < -0.39 is 0 Å². The van der Waals surface area contributed by atoms with Gasteiger partial charge in [0, 0.05) is 18.9 Å². The summed E-state index contributed by atoms with van der Waals surface area (Å²) in [6, 6.07) is 6.30. The number of aromatic nitrogens is 3. The van der Waals surface area contributed by atoms with E-state index in [1.165, 1.54) is 11.4 Å². The summed E-state index contributed by atoms with van der Waals surface area (Å²) in [5.74, 6) is 0. The van der Waals surface area contributed by atoms with E-state index in [1.807, 2.05) is 18.7 Å². The molecular weight excluding hydrogens is 200 g/mol. The van der Waals surface area contributed by atoms with Crippen molar-refractivity contribution in [3.63, 3.8) is 0 Å². The van der Waals surface area contributed by atoms with E-state index in [0.717, 1.165) is 18.7 Å². The highest BCUT2D eigenvalue weighted by Crippen LogP contribution is 2.09. The summed E-state index contributed by atoms with van der Waals surface area (Å²) in [5.41, 5.74) is 9.14. The first-order valence-corrected chi connectivity index (χ1v) is 5.54. The zero-order chi connectivity index (χ0) is 11.5. The maximum absolute atomic E-state index is 5.59. The average molecular weight is 218 g/mol. The number of nitrogens with zero attached hydrogens (tertiary/aromatic N) is 3. The van der Waals surface area contributed by atoms with Crippen LogP contribution >= 0.6 is 0 Å². The van der Waals surface area contributed by atoms with Crippen LogP contribution in [0.1, 0.15) is 17.1 Å². The third-order valence-electron chi connectivity index (χ3n) is 2.76. The van der Waals surface area contributed by atoms with Crippen LogP contribution in [-0.2, 0) is 20.0 Å². The molecular formula is C12H18N4. The molecule has 2 aromatic heterocycles. The van der Waals surface area contributed by atoms with E-state index in [9.17, 15) is 0 Å². The number of aryl methyl sites for hydroxylation is 2. The van der Waals surface area contributed by atoms with E-state index in [1.54, 1.807) is 0 Å². The molecule has 2 aromatic rings. The van der Waals surface area contributed by atoms with Crippen LogP contribution in [0, 0.1) is 6.92 Å². The van der Waals surface area contributed by atoms with Crippen LogP contribution in [0.2, 0.25) is 0 Å². The molecule has 86 valence electrons. The second-order valence-corrected chi connectivity index (χ2v) is 4.07. The fraction of sp³-hybridized carbons (Fsp3) is 0.417. The highest BCUT2D eigenvalue weighted by atomic mass is 15.3. The Balaban J connectivity index is 2.20. The van der Waals surface area contributed by atoms with Crippen LogP contribution in [0.4, 0.5) is 0 Å². The monoisotopic (exact) mass is 218 g/mol. The quantitative estimate of drug-likeness (QED) is 0.834. The van der Waals surface area contributed by atoms with Crippen molar-refractivity contribution in [2.24, 2.45) is 12.8 Å². The van der Waals surface area contributed by atoms with Gasteiger partial charge in [-0.15, -0.1) is 0 Å². The molecule has 0 atom stereocenters. The van der Waals surface area contributed by atoms with Crippen molar-refractivity contribution in [1.29, 1.82) is 0 Å². The Bertz CT molecular complexity index is 467. The molecule has 2 rings (SSSR count). The average Bonchev–Trinajstić information content (AvgIpc) is 2.77. The summed E-state index contributed by atoms with van der Waals surface area (Å²) in [7, 11) is 1.98. The van der Waals surface area contributed by atoms with Crippen molar-refractivity contribution >= 4 is 0 Å². The minimum absolute atomic E-state index is 0.689. The lowest BCUT2D eigenvalue weighted by Gasteiger charge is -2.08. The lowest BCUT2D eigenvalue weighted by molar-refractivity contribution is 0.647. The molecule has 0 aliphatic carbocycles. The fourth-order valence-corrected chi connectivity index (χ4v) is 1.97. The molecule has 0 aliphatic rings. The van der Waals surface area contributed by atoms with Crippen LogP contribution in [0.5, 0.6) is 0 Å². The molecule has 0 amide bonds. The van der Waals surface area contributed by atoms with Crippen LogP contribution in [0.25, 0.3) is 0 Å². The molecule has 0 bridgehead atoms. The molecule has 0 spiro atoms. The first-order valence-electron chi connectivity index (χ1n) is 5.54. The molecule has 2 heterocycles. The van der Waals surface area contributed by atoms with Gasteiger partial charge in [0.1, 0.15) is 0 Å². The van der Waals surface area contributed by atoms with Crippen molar-refractivity contribution in [1.82, 2.24) is 14.3 Å². The van der Waals surface area contributed by atoms with Crippen molar-refractivity contribution in [2.45, 2.75) is 19.9 Å². The molecule has 2 N–H and O–H groups in total. The van der Waals surface area contributed by atoms with Gasteiger partial charge in [-0.05, 0) is 38.1 Å². The first-order chi connectivity index (χ1) is 7.70. The summed E-state index contributed by atoms with van der Waals surface area (Å²) >= 11 is 0. The molecule has 0 fully saturated rings. The Labute approximate surface area is 95.7 Å². The van der Waals surface area contributed by atoms with Crippen LogP contribution < -0.4 is 5.73 Å². The molecule has 0 saturated heterocycles. The number of hydrogen-bond acceptors (Lipinski definition) is 2. The smallest absolute Gasteiger partial charge is 0.0642 e. The van der Waals surface area contributed by atoms with E-state index in [2.05, 4.69) is 34.1 Å². The third-order valence-corrected chi connectivity index (χ3v) is 2.76. The third kappa shape index (κ3) is 2.17. The lowest BCUT2D eigenvalue weighted by atomic mass is 10.3. The van der Waals surface area contributed by atoms with Gasteiger partial charge in [-0.2, -0.15) is 5.10 Å². The summed E-state index contributed by atoms with van der Waals surface area (Å²) in [4.78, 5) is 0. The van der Waals surface area contributed by atoms with Gasteiger partial charge in [0.05, 0.1) is 17.9 Å². The van der Waals surface area contributed by atoms with E-state index in [-0.39, 0.29) is 0 Å². The largest absolute Gasteiger partial charge is 0.345 e. The Morgan fingerprint density at radius 1 is 1.38 bits per heavy atom. The molecule has 0 aromatic carbocycles. The van der Waals surface area contributed by atoms with Gasteiger partial charge < -0.3 is 10.3 Å². The predicted octanol–water partition coefficient (Wildman–Crippen LogP) is 1.08. The molecule has 0 unspecified atom stereocenters. The summed E-state index contributed by atoms with van der Waals surface area (Å²) in [6.07, 6.45) is 3.01. The normalized spacial score (nSPS) is 10.9. The molecule has 0 radical (unpaired) electrons. The lowest BCUT2D eigenvalue weighted by Crippen LogP contribution is -2.11. The van der Waals surface area contributed by atoms with E-state index in [0.29, 0.717) is 6.54 Å². The van der Waals surface area contributed by atoms with Gasteiger partial charge in [0.25, 0.3) is 0 Å². The molecule has 0 aliphatic heterocycles. The van der Waals surface area contributed by atoms with Gasteiger partial charge in [-0.3, -0.25) is 4.68 Å². The zero-order valence-electron chi connectivity index (χ0n) is 9.85. The van der Waals surface area contributed by atoms with Gasteiger partial charge in [0.2, 0.25) is 0 Å². The topological polar surface area (TPSA) is 48.8 Å². The molecule has 0 saturated carbocycles. The summed E-state index contributed by atoms with van der Waals surface area (Å²) < 4.78 is 4.16. The van der Waals surface area contributed by atoms with Gasteiger partial charge in [-0.1, -0.05) is 0 Å². The van der Waals surface area contributed by atoms with Crippen LogP contribution in [0.3, 0.4) is 0 Å². The van der Waals surface area contributed by atoms with Crippen molar-refractivity contribution in [3.05, 3.63) is 41.5 Å². The van der Waals surface area contributed by atoms with Crippen molar-refractivity contribution < 1.29 is 0 Å². The SMILES string of the molecule is Cc1cc(Cn2cccc2CCN)n(C)n1. The highest BCUT2D eigenvalue weighted by molar-refractivity contribution is 5.14. The number of rotatable bonds is 4. The standard InChI is InChI=1S/C12H18N4/c1-10-8-12(15(2)14-10)9-16-7-3-4-11(16)5-6-13/h3-4,7-8H,5-6,9,13H2,1-2H3. The van der Waals surface area contributed by atoms with Crippen LogP contribution in [0.15, 0.2) is 24.4 Å². The van der Waals surface area contributed by atoms with Crippen molar-refractivity contribution in [3.8, 4) is 0 Å².